The first kappa shape index (κ1) is 23.1. The molecule has 1 saturated heterocycles. The number of rotatable bonds is 9. The van der Waals surface area contributed by atoms with Crippen molar-refractivity contribution in [2.45, 2.75) is 26.9 Å². The molecular weight excluding hydrogens is 382 g/mol. The van der Waals surface area contributed by atoms with Gasteiger partial charge in [-0.15, -0.1) is 0 Å². The number of nitrogens with zero attached hydrogens (tertiary/aromatic N) is 3. The number of hydrogen-bond donors (Lipinski definition) is 2. The molecule has 0 aromatic heterocycles. The number of piperazine rings is 1. The third kappa shape index (κ3) is 8.62. The molecule has 0 atom stereocenters. The number of sulfonamides is 2. The molecule has 0 radical (unpaired) electrons. The van der Waals surface area contributed by atoms with Crippen LogP contribution in [0.15, 0.2) is 4.99 Å². The second kappa shape index (κ2) is 10.4. The maximum Gasteiger partial charge on any atom is 0.216 e. The first-order valence-corrected chi connectivity index (χ1v) is 12.0. The first-order valence-electron chi connectivity index (χ1n) is 8.68. The molecule has 0 aromatic carbocycles. The molecule has 154 valence electrons. The summed E-state index contributed by atoms with van der Waals surface area (Å²) in [5, 5.41) is 8.08. The summed E-state index contributed by atoms with van der Waals surface area (Å²) in [5.41, 5.74) is 0. The summed E-state index contributed by atoms with van der Waals surface area (Å²) in [7, 11) is -6.91. The van der Waals surface area contributed by atoms with Gasteiger partial charge in [-0.05, 0) is 20.8 Å². The van der Waals surface area contributed by atoms with Gasteiger partial charge in [0.2, 0.25) is 20.0 Å². The third-order valence-electron chi connectivity index (χ3n) is 3.70. The predicted octanol–water partition coefficient (Wildman–Crippen LogP) is -1.39. The summed E-state index contributed by atoms with van der Waals surface area (Å²) in [5.74, 6) is 0.302. The van der Waals surface area contributed by atoms with Crippen LogP contribution in [0.4, 0.5) is 0 Å². The lowest BCUT2D eigenvalue weighted by Gasteiger charge is -2.35. The zero-order valence-corrected chi connectivity index (χ0v) is 17.4. The molecule has 1 aliphatic heterocycles. The summed E-state index contributed by atoms with van der Waals surface area (Å²) < 4.78 is 53.5. The van der Waals surface area contributed by atoms with E-state index in [4.69, 9.17) is 9.88 Å². The SMILES string of the molecule is CCNC(=NCCS(N)(=O)=O)N1CCN(S(=O)(=O)CCOC(C)C)CC1. The molecule has 0 amide bonds. The van der Waals surface area contributed by atoms with Crippen LogP contribution in [0.3, 0.4) is 0 Å². The Morgan fingerprint density at radius 1 is 1.15 bits per heavy atom. The largest absolute Gasteiger partial charge is 0.378 e. The van der Waals surface area contributed by atoms with Crippen LogP contribution in [0.2, 0.25) is 0 Å². The van der Waals surface area contributed by atoms with Gasteiger partial charge in [-0.3, -0.25) is 4.99 Å². The summed E-state index contributed by atoms with van der Waals surface area (Å²) >= 11 is 0. The van der Waals surface area contributed by atoms with Gasteiger partial charge in [0.05, 0.1) is 30.8 Å². The highest BCUT2D eigenvalue weighted by Gasteiger charge is 2.28. The second-order valence-corrected chi connectivity index (χ2v) is 10.0. The quantitative estimate of drug-likeness (QED) is 0.351. The van der Waals surface area contributed by atoms with Gasteiger partial charge in [-0.25, -0.2) is 22.0 Å². The van der Waals surface area contributed by atoms with Crippen molar-refractivity contribution < 1.29 is 21.6 Å². The number of guanidine groups is 1. The van der Waals surface area contributed by atoms with Crippen LogP contribution < -0.4 is 10.5 Å². The average molecular weight is 414 g/mol. The Bertz CT molecular complexity index is 655. The van der Waals surface area contributed by atoms with Crippen LogP contribution in [0.1, 0.15) is 20.8 Å². The number of hydrogen-bond acceptors (Lipinski definition) is 6. The maximum absolute atomic E-state index is 12.4. The molecule has 1 aliphatic rings. The van der Waals surface area contributed by atoms with Crippen molar-refractivity contribution in [3.63, 3.8) is 0 Å². The minimum absolute atomic E-state index is 0.00160. The van der Waals surface area contributed by atoms with E-state index >= 15 is 0 Å². The lowest BCUT2D eigenvalue weighted by atomic mass is 10.4. The lowest BCUT2D eigenvalue weighted by molar-refractivity contribution is 0.0904. The van der Waals surface area contributed by atoms with Crippen molar-refractivity contribution in [3.8, 4) is 0 Å². The molecule has 0 aromatic rings. The fraction of sp³-hybridized carbons (Fsp3) is 0.929. The Morgan fingerprint density at radius 2 is 1.77 bits per heavy atom. The zero-order chi connectivity index (χ0) is 19.8. The fourth-order valence-corrected chi connectivity index (χ4v) is 4.03. The molecule has 10 nitrogen and oxygen atoms in total. The Morgan fingerprint density at radius 3 is 2.27 bits per heavy atom. The van der Waals surface area contributed by atoms with Gasteiger partial charge in [0, 0.05) is 32.7 Å². The number of aliphatic imine (C=N–C) groups is 1. The van der Waals surface area contributed by atoms with E-state index in [0.29, 0.717) is 38.7 Å². The van der Waals surface area contributed by atoms with Gasteiger partial charge >= 0.3 is 0 Å². The predicted molar refractivity (Wildman–Crippen MR) is 102 cm³/mol. The standard InChI is InChI=1S/C14H31N5O5S2/c1-4-16-14(17-5-11-25(15,20)21)18-6-8-19(9-7-18)26(22,23)12-10-24-13(2)3/h13H,4-12H2,1-3H3,(H,16,17)(H2,15,20,21). The zero-order valence-electron chi connectivity index (χ0n) is 15.7. The smallest absolute Gasteiger partial charge is 0.216 e. The van der Waals surface area contributed by atoms with Crippen molar-refractivity contribution in [2.24, 2.45) is 10.1 Å². The van der Waals surface area contributed by atoms with Gasteiger partial charge < -0.3 is 15.0 Å². The van der Waals surface area contributed by atoms with Crippen molar-refractivity contribution in [2.75, 3.05) is 57.4 Å². The number of primary sulfonamides is 1. The van der Waals surface area contributed by atoms with E-state index in [0.717, 1.165) is 0 Å². The van der Waals surface area contributed by atoms with Crippen LogP contribution in [0, 0.1) is 0 Å². The van der Waals surface area contributed by atoms with E-state index in [-0.39, 0.29) is 30.8 Å². The number of nitrogens with two attached hydrogens (primary N) is 1. The molecule has 0 aliphatic carbocycles. The summed E-state index contributed by atoms with van der Waals surface area (Å²) in [6.07, 6.45) is -0.00160. The number of nitrogens with one attached hydrogen (secondary N) is 1. The highest BCUT2D eigenvalue weighted by atomic mass is 32.2. The number of ether oxygens (including phenoxy) is 1. The van der Waals surface area contributed by atoms with E-state index in [9.17, 15) is 16.8 Å². The topological polar surface area (TPSA) is 134 Å². The van der Waals surface area contributed by atoms with E-state index in [1.165, 1.54) is 4.31 Å². The van der Waals surface area contributed by atoms with Crippen molar-refractivity contribution in [1.29, 1.82) is 0 Å². The Balaban J connectivity index is 2.59. The van der Waals surface area contributed by atoms with Crippen molar-refractivity contribution in [1.82, 2.24) is 14.5 Å². The van der Waals surface area contributed by atoms with Crippen LogP contribution in [-0.4, -0.2) is 95.5 Å². The average Bonchev–Trinajstić information content (AvgIpc) is 2.52. The molecule has 0 bridgehead atoms. The Hall–Kier alpha value is -0.950. The molecule has 1 heterocycles. The minimum Gasteiger partial charge on any atom is -0.378 e. The molecule has 1 fully saturated rings. The van der Waals surface area contributed by atoms with Gasteiger partial charge in [0.25, 0.3) is 0 Å². The third-order valence-corrected chi connectivity index (χ3v) is 6.28. The maximum atomic E-state index is 12.4. The first-order chi connectivity index (χ1) is 12.0. The van der Waals surface area contributed by atoms with Crippen molar-refractivity contribution in [3.05, 3.63) is 0 Å². The van der Waals surface area contributed by atoms with Gasteiger partial charge in [0.1, 0.15) is 0 Å². The second-order valence-electron chi connectivity index (χ2n) is 6.22. The molecule has 0 spiro atoms. The van der Waals surface area contributed by atoms with Crippen LogP contribution in [0.5, 0.6) is 0 Å². The summed E-state index contributed by atoms with van der Waals surface area (Å²) in [4.78, 5) is 6.18. The molecule has 26 heavy (non-hydrogen) atoms. The Kier molecular flexibility index (Phi) is 9.24. The van der Waals surface area contributed by atoms with Crippen LogP contribution in [-0.2, 0) is 24.8 Å². The fourth-order valence-electron chi connectivity index (χ4n) is 2.40. The molecular formula is C14H31N5O5S2. The van der Waals surface area contributed by atoms with E-state index in [1.807, 2.05) is 25.7 Å². The van der Waals surface area contributed by atoms with Crippen LogP contribution in [0.25, 0.3) is 0 Å². The lowest BCUT2D eigenvalue weighted by Crippen LogP contribution is -2.54. The summed E-state index contributed by atoms with van der Waals surface area (Å²) in [6, 6.07) is 0. The molecule has 1 rings (SSSR count). The van der Waals surface area contributed by atoms with E-state index in [2.05, 4.69) is 10.3 Å². The molecule has 0 unspecified atom stereocenters. The Labute approximate surface area is 156 Å². The summed E-state index contributed by atoms with van der Waals surface area (Å²) in [6.45, 7) is 8.16. The highest BCUT2D eigenvalue weighted by Crippen LogP contribution is 2.09. The van der Waals surface area contributed by atoms with Gasteiger partial charge in [-0.1, -0.05) is 0 Å². The molecule has 3 N–H and O–H groups in total. The van der Waals surface area contributed by atoms with E-state index in [1.54, 1.807) is 0 Å². The van der Waals surface area contributed by atoms with Gasteiger partial charge in [-0.2, -0.15) is 4.31 Å². The van der Waals surface area contributed by atoms with Crippen LogP contribution >= 0.6 is 0 Å². The normalized spacial score (nSPS) is 17.7. The molecule has 12 heteroatoms. The van der Waals surface area contributed by atoms with Crippen molar-refractivity contribution >= 4 is 26.0 Å². The van der Waals surface area contributed by atoms with E-state index < -0.39 is 20.0 Å². The monoisotopic (exact) mass is 413 g/mol. The van der Waals surface area contributed by atoms with Gasteiger partial charge in [0.15, 0.2) is 5.96 Å². The highest BCUT2D eigenvalue weighted by molar-refractivity contribution is 7.89. The molecule has 0 saturated carbocycles. The minimum atomic E-state index is -3.56.